The number of nitrogens with zero attached hydrogens (tertiary/aromatic N) is 2. The Bertz CT molecular complexity index is 430. The van der Waals surface area contributed by atoms with Crippen molar-refractivity contribution in [2.45, 2.75) is 12.5 Å². The molecule has 1 aromatic carbocycles. The predicted molar refractivity (Wildman–Crippen MR) is 59.2 cm³/mol. The molecule has 0 unspecified atom stereocenters. The molecule has 1 rings (SSSR count). The molecule has 16 heavy (non-hydrogen) atoms. The van der Waals surface area contributed by atoms with Crippen molar-refractivity contribution in [2.75, 3.05) is 0 Å². The lowest BCUT2D eigenvalue weighted by Gasteiger charge is -2.09. The highest BCUT2D eigenvalue weighted by Crippen LogP contribution is 2.28. The molecular formula is C9H10ClN3O3. The average molecular weight is 244 g/mol. The van der Waals surface area contributed by atoms with Gasteiger partial charge in [0, 0.05) is 23.7 Å². The molecule has 0 saturated carbocycles. The van der Waals surface area contributed by atoms with Crippen molar-refractivity contribution >= 4 is 18.1 Å². The van der Waals surface area contributed by atoms with Crippen LogP contribution in [0.4, 0.5) is 5.69 Å². The number of rotatable bonds is 3. The van der Waals surface area contributed by atoms with E-state index in [1.807, 2.05) is 6.07 Å². The molecule has 0 aliphatic heterocycles. The molecule has 0 aliphatic rings. The van der Waals surface area contributed by atoms with Gasteiger partial charge in [-0.15, -0.1) is 12.4 Å². The predicted octanol–water partition coefficient (Wildman–Crippen LogP) is 1.64. The summed E-state index contributed by atoms with van der Waals surface area (Å²) in [5, 5.41) is 28.3. The number of nitrogens with two attached hydrogens (primary N) is 1. The van der Waals surface area contributed by atoms with Gasteiger partial charge in [0.15, 0.2) is 0 Å². The van der Waals surface area contributed by atoms with Gasteiger partial charge in [-0.2, -0.15) is 5.26 Å². The number of phenols is 1. The third kappa shape index (κ3) is 3.08. The standard InChI is InChI=1S/C9H9N3O3.ClH/c10-4-3-8(11)7-5-6(12(14)15)1-2-9(7)13;/h1-2,5,8,13H,3,11H2;1H/t8-;/m1./s1. The Morgan fingerprint density at radius 1 is 1.62 bits per heavy atom. The number of nitro benzene ring substituents is 1. The van der Waals surface area contributed by atoms with Gasteiger partial charge in [0.05, 0.1) is 17.4 Å². The van der Waals surface area contributed by atoms with Gasteiger partial charge < -0.3 is 10.8 Å². The summed E-state index contributed by atoms with van der Waals surface area (Å²) < 4.78 is 0. The summed E-state index contributed by atoms with van der Waals surface area (Å²) in [5.41, 5.74) is 5.63. The molecule has 0 saturated heterocycles. The first-order valence-corrected chi connectivity index (χ1v) is 4.16. The maximum absolute atomic E-state index is 10.5. The van der Waals surface area contributed by atoms with Crippen molar-refractivity contribution in [3.8, 4) is 11.8 Å². The van der Waals surface area contributed by atoms with E-state index in [1.165, 1.54) is 18.2 Å². The zero-order valence-corrected chi connectivity index (χ0v) is 8.98. The maximum atomic E-state index is 10.5. The SMILES string of the molecule is Cl.N#CC[C@@H](N)c1cc([N+](=O)[O-])ccc1O. The Labute approximate surface area is 97.9 Å². The summed E-state index contributed by atoms with van der Waals surface area (Å²) in [5.74, 6) is -0.136. The molecule has 6 nitrogen and oxygen atoms in total. The molecule has 0 bridgehead atoms. The van der Waals surface area contributed by atoms with Crippen molar-refractivity contribution < 1.29 is 10.0 Å². The monoisotopic (exact) mass is 243 g/mol. The fourth-order valence-corrected chi connectivity index (χ4v) is 1.16. The minimum absolute atomic E-state index is 0. The normalized spacial score (nSPS) is 11.0. The molecule has 3 N–H and O–H groups in total. The Morgan fingerprint density at radius 3 is 2.75 bits per heavy atom. The third-order valence-electron chi connectivity index (χ3n) is 1.93. The largest absolute Gasteiger partial charge is 0.508 e. The molecule has 0 radical (unpaired) electrons. The summed E-state index contributed by atoms with van der Waals surface area (Å²) in [6, 6.07) is 4.68. The van der Waals surface area contributed by atoms with Crippen molar-refractivity contribution in [1.29, 1.82) is 5.26 Å². The smallest absolute Gasteiger partial charge is 0.270 e. The number of phenolic OH excluding ortho intramolecular Hbond substituents is 1. The second kappa shape index (κ2) is 5.90. The van der Waals surface area contributed by atoms with E-state index >= 15 is 0 Å². The van der Waals surface area contributed by atoms with E-state index < -0.39 is 11.0 Å². The van der Waals surface area contributed by atoms with Gasteiger partial charge in [-0.3, -0.25) is 10.1 Å². The van der Waals surface area contributed by atoms with E-state index in [0.29, 0.717) is 0 Å². The first-order valence-electron chi connectivity index (χ1n) is 4.16. The van der Waals surface area contributed by atoms with Crippen LogP contribution >= 0.6 is 12.4 Å². The lowest BCUT2D eigenvalue weighted by atomic mass is 10.0. The fraction of sp³-hybridized carbons (Fsp3) is 0.222. The van der Waals surface area contributed by atoms with E-state index in [2.05, 4.69) is 0 Å². The zero-order valence-electron chi connectivity index (χ0n) is 8.16. The second-order valence-corrected chi connectivity index (χ2v) is 2.97. The lowest BCUT2D eigenvalue weighted by molar-refractivity contribution is -0.385. The molecular weight excluding hydrogens is 234 g/mol. The Hall–Kier alpha value is -1.84. The summed E-state index contributed by atoms with van der Waals surface area (Å²) in [7, 11) is 0. The van der Waals surface area contributed by atoms with Crippen LogP contribution in [-0.4, -0.2) is 10.0 Å². The highest BCUT2D eigenvalue weighted by molar-refractivity contribution is 5.85. The maximum Gasteiger partial charge on any atom is 0.270 e. The Balaban J connectivity index is 0.00000225. The van der Waals surface area contributed by atoms with Crippen molar-refractivity contribution in [3.63, 3.8) is 0 Å². The van der Waals surface area contributed by atoms with Crippen molar-refractivity contribution in [3.05, 3.63) is 33.9 Å². The first kappa shape index (κ1) is 14.2. The molecule has 0 aromatic heterocycles. The summed E-state index contributed by atoms with van der Waals surface area (Å²) in [6.45, 7) is 0. The number of non-ortho nitro benzene ring substituents is 1. The Kier molecular flexibility index (Phi) is 5.22. The molecule has 0 amide bonds. The van der Waals surface area contributed by atoms with Gasteiger partial charge in [-0.25, -0.2) is 0 Å². The van der Waals surface area contributed by atoms with Crippen LogP contribution in [0.2, 0.25) is 0 Å². The van der Waals surface area contributed by atoms with E-state index in [0.717, 1.165) is 0 Å². The number of benzene rings is 1. The minimum Gasteiger partial charge on any atom is -0.508 e. The fourth-order valence-electron chi connectivity index (χ4n) is 1.16. The number of aromatic hydroxyl groups is 1. The van der Waals surface area contributed by atoms with Crippen LogP contribution in [0, 0.1) is 21.4 Å². The number of nitriles is 1. The number of halogens is 1. The molecule has 1 aromatic rings. The molecule has 0 spiro atoms. The third-order valence-corrected chi connectivity index (χ3v) is 1.93. The highest BCUT2D eigenvalue weighted by Gasteiger charge is 2.15. The summed E-state index contributed by atoms with van der Waals surface area (Å²) >= 11 is 0. The Morgan fingerprint density at radius 2 is 2.25 bits per heavy atom. The number of nitro groups is 1. The molecule has 86 valence electrons. The first-order chi connectivity index (χ1) is 7.06. The molecule has 1 atom stereocenters. The van der Waals surface area contributed by atoms with E-state index in [9.17, 15) is 15.2 Å². The van der Waals surface area contributed by atoms with Gasteiger partial charge in [0.2, 0.25) is 0 Å². The van der Waals surface area contributed by atoms with Crippen LogP contribution < -0.4 is 5.73 Å². The van der Waals surface area contributed by atoms with E-state index in [1.54, 1.807) is 0 Å². The molecule has 0 fully saturated rings. The van der Waals surface area contributed by atoms with Crippen LogP contribution in [0.15, 0.2) is 18.2 Å². The minimum atomic E-state index is -0.713. The molecule has 0 aliphatic carbocycles. The van der Waals surface area contributed by atoms with Gasteiger partial charge in [-0.05, 0) is 6.07 Å². The van der Waals surface area contributed by atoms with E-state index in [-0.39, 0.29) is 35.8 Å². The van der Waals surface area contributed by atoms with Gasteiger partial charge in [0.25, 0.3) is 5.69 Å². The van der Waals surface area contributed by atoms with Gasteiger partial charge >= 0.3 is 0 Å². The van der Waals surface area contributed by atoms with Crippen LogP contribution in [0.5, 0.6) is 5.75 Å². The summed E-state index contributed by atoms with van der Waals surface area (Å²) in [4.78, 5) is 9.88. The highest BCUT2D eigenvalue weighted by atomic mass is 35.5. The lowest BCUT2D eigenvalue weighted by Crippen LogP contribution is -2.09. The summed E-state index contributed by atoms with van der Waals surface area (Å²) in [6.07, 6.45) is -0.00523. The zero-order chi connectivity index (χ0) is 11.4. The van der Waals surface area contributed by atoms with Crippen LogP contribution in [0.25, 0.3) is 0 Å². The number of hydrogen-bond donors (Lipinski definition) is 2. The van der Waals surface area contributed by atoms with Crippen LogP contribution in [-0.2, 0) is 0 Å². The molecule has 0 heterocycles. The van der Waals surface area contributed by atoms with Crippen LogP contribution in [0.1, 0.15) is 18.0 Å². The average Bonchev–Trinajstić information content (AvgIpc) is 2.18. The van der Waals surface area contributed by atoms with Crippen molar-refractivity contribution in [2.24, 2.45) is 5.73 Å². The van der Waals surface area contributed by atoms with Gasteiger partial charge in [-0.1, -0.05) is 0 Å². The second-order valence-electron chi connectivity index (χ2n) is 2.97. The van der Waals surface area contributed by atoms with Gasteiger partial charge in [0.1, 0.15) is 5.75 Å². The van der Waals surface area contributed by atoms with E-state index in [4.69, 9.17) is 11.0 Å². The number of hydrogen-bond acceptors (Lipinski definition) is 5. The van der Waals surface area contributed by atoms with Crippen molar-refractivity contribution in [1.82, 2.24) is 0 Å². The quantitative estimate of drug-likeness (QED) is 0.619. The van der Waals surface area contributed by atoms with Crippen LogP contribution in [0.3, 0.4) is 0 Å². The molecule has 7 heteroatoms. The topological polar surface area (TPSA) is 113 Å².